The van der Waals surface area contributed by atoms with Crippen molar-refractivity contribution in [2.45, 2.75) is 33.2 Å². The summed E-state index contributed by atoms with van der Waals surface area (Å²) >= 11 is 6.96. The van der Waals surface area contributed by atoms with Crippen molar-refractivity contribution in [1.29, 1.82) is 0 Å². The van der Waals surface area contributed by atoms with Crippen LogP contribution in [0, 0.1) is 12.8 Å². The molecule has 1 aliphatic rings. The number of aromatic nitrogens is 2. The SMILES string of the molecule is C=C(F)C(=O)N1CC(Cn2c(=O)c(=O)n(-c3c(C)cccc3C(C)C)c3cc(-c4cc(O)cc5ccccc45)c(Cl)cc32)C1. The van der Waals surface area contributed by atoms with Gasteiger partial charge in [0.25, 0.3) is 5.91 Å². The molecule has 1 saturated heterocycles. The number of amides is 1. The molecule has 2 heterocycles. The van der Waals surface area contributed by atoms with Gasteiger partial charge in [-0.3, -0.25) is 19.0 Å². The van der Waals surface area contributed by atoms with E-state index in [-0.39, 0.29) is 37.2 Å². The van der Waals surface area contributed by atoms with E-state index in [1.807, 2.05) is 63.2 Å². The molecule has 0 atom stereocenters. The largest absolute Gasteiger partial charge is 0.508 e. The Balaban J connectivity index is 1.64. The van der Waals surface area contributed by atoms with Gasteiger partial charge >= 0.3 is 11.1 Å². The van der Waals surface area contributed by atoms with Crippen LogP contribution < -0.4 is 11.1 Å². The molecular weight excluding hydrogens is 581 g/mol. The summed E-state index contributed by atoms with van der Waals surface area (Å²) in [6, 6.07) is 20.2. The average molecular weight is 612 g/mol. The highest BCUT2D eigenvalue weighted by molar-refractivity contribution is 6.34. The zero-order chi connectivity index (χ0) is 31.4. The lowest BCUT2D eigenvalue weighted by Gasteiger charge is -2.39. The van der Waals surface area contributed by atoms with Crippen molar-refractivity contribution in [3.63, 3.8) is 0 Å². The molecule has 4 aromatic carbocycles. The van der Waals surface area contributed by atoms with Crippen LogP contribution in [0.3, 0.4) is 0 Å². The van der Waals surface area contributed by atoms with E-state index >= 15 is 0 Å². The number of rotatable bonds is 6. The molecule has 1 fully saturated rings. The summed E-state index contributed by atoms with van der Waals surface area (Å²) in [6.45, 7) is 9.65. The summed E-state index contributed by atoms with van der Waals surface area (Å²) in [6.07, 6.45) is 0. The highest BCUT2D eigenvalue weighted by atomic mass is 35.5. The van der Waals surface area contributed by atoms with E-state index in [2.05, 4.69) is 6.58 Å². The second-order valence-electron chi connectivity index (χ2n) is 11.7. The molecule has 1 aromatic heterocycles. The normalized spacial score (nSPS) is 13.5. The number of fused-ring (bicyclic) bond motifs is 2. The van der Waals surface area contributed by atoms with Gasteiger partial charge in [-0.25, -0.2) is 4.39 Å². The lowest BCUT2D eigenvalue weighted by Crippen LogP contribution is -2.53. The van der Waals surface area contributed by atoms with E-state index in [9.17, 15) is 23.9 Å². The van der Waals surface area contributed by atoms with Gasteiger partial charge in [0.05, 0.1) is 21.7 Å². The number of carbonyl (C=O) groups is 1. The zero-order valence-electron chi connectivity index (χ0n) is 24.6. The van der Waals surface area contributed by atoms with Gasteiger partial charge in [0.1, 0.15) is 5.75 Å². The molecule has 1 aliphatic heterocycles. The van der Waals surface area contributed by atoms with Crippen LogP contribution in [-0.2, 0) is 11.3 Å². The van der Waals surface area contributed by atoms with Crippen LogP contribution in [0.5, 0.6) is 5.75 Å². The summed E-state index contributed by atoms with van der Waals surface area (Å²) < 4.78 is 16.3. The van der Waals surface area contributed by atoms with Gasteiger partial charge in [-0.1, -0.05) is 74.5 Å². The number of aromatic hydroxyl groups is 1. The Morgan fingerprint density at radius 3 is 2.43 bits per heavy atom. The highest BCUT2D eigenvalue weighted by Crippen LogP contribution is 2.39. The molecule has 0 unspecified atom stereocenters. The smallest absolute Gasteiger partial charge is 0.321 e. The maximum atomic E-state index is 14.1. The molecule has 224 valence electrons. The Kier molecular flexibility index (Phi) is 7.41. The van der Waals surface area contributed by atoms with Crippen molar-refractivity contribution in [2.75, 3.05) is 13.1 Å². The molecule has 5 aromatic rings. The summed E-state index contributed by atoms with van der Waals surface area (Å²) in [5, 5.41) is 12.6. The monoisotopic (exact) mass is 611 g/mol. The van der Waals surface area contributed by atoms with E-state index in [1.54, 1.807) is 24.3 Å². The lowest BCUT2D eigenvalue weighted by molar-refractivity contribution is -0.135. The Bertz CT molecular complexity index is 2130. The summed E-state index contributed by atoms with van der Waals surface area (Å²) in [4.78, 5) is 41.3. The van der Waals surface area contributed by atoms with Crippen LogP contribution in [0.25, 0.3) is 38.6 Å². The fourth-order valence-corrected chi connectivity index (χ4v) is 6.50. The number of benzene rings is 4. The second kappa shape index (κ2) is 11.1. The van der Waals surface area contributed by atoms with E-state index in [0.717, 1.165) is 21.9 Å². The second-order valence-corrected chi connectivity index (χ2v) is 12.1. The van der Waals surface area contributed by atoms with Crippen molar-refractivity contribution in [2.24, 2.45) is 5.92 Å². The predicted octanol–water partition coefficient (Wildman–Crippen LogP) is 6.71. The first-order valence-corrected chi connectivity index (χ1v) is 14.8. The van der Waals surface area contributed by atoms with Crippen molar-refractivity contribution in [3.8, 4) is 22.6 Å². The minimum absolute atomic E-state index is 0.0554. The predicted molar refractivity (Wildman–Crippen MR) is 173 cm³/mol. The molecule has 9 heteroatoms. The Morgan fingerprint density at radius 1 is 1.00 bits per heavy atom. The van der Waals surface area contributed by atoms with Crippen LogP contribution in [0.15, 0.2) is 88.7 Å². The van der Waals surface area contributed by atoms with Crippen molar-refractivity contribution in [1.82, 2.24) is 14.0 Å². The number of hydrogen-bond donors (Lipinski definition) is 1. The van der Waals surface area contributed by atoms with E-state index in [4.69, 9.17) is 11.6 Å². The Labute approximate surface area is 258 Å². The fourth-order valence-electron chi connectivity index (χ4n) is 6.24. The fraction of sp³-hybridized carbons (Fsp3) is 0.229. The molecule has 0 bridgehead atoms. The van der Waals surface area contributed by atoms with Gasteiger partial charge in [-0.2, -0.15) is 0 Å². The quantitative estimate of drug-likeness (QED) is 0.171. The Hall–Kier alpha value is -4.69. The zero-order valence-corrected chi connectivity index (χ0v) is 25.4. The van der Waals surface area contributed by atoms with E-state index in [0.29, 0.717) is 32.9 Å². The molecule has 1 amide bonds. The first-order valence-electron chi connectivity index (χ1n) is 14.4. The molecule has 0 spiro atoms. The highest BCUT2D eigenvalue weighted by Gasteiger charge is 2.33. The topological polar surface area (TPSA) is 84.5 Å². The van der Waals surface area contributed by atoms with Gasteiger partial charge in [-0.05, 0) is 64.6 Å². The first kappa shape index (κ1) is 29.4. The maximum absolute atomic E-state index is 14.1. The minimum atomic E-state index is -1.04. The van der Waals surface area contributed by atoms with Gasteiger partial charge in [0.15, 0.2) is 5.83 Å². The van der Waals surface area contributed by atoms with Crippen molar-refractivity contribution < 1.29 is 14.3 Å². The third-order valence-electron chi connectivity index (χ3n) is 8.40. The van der Waals surface area contributed by atoms with Crippen LogP contribution >= 0.6 is 11.6 Å². The molecule has 7 nitrogen and oxygen atoms in total. The van der Waals surface area contributed by atoms with Gasteiger partial charge in [-0.15, -0.1) is 0 Å². The summed E-state index contributed by atoms with van der Waals surface area (Å²) in [7, 11) is 0. The lowest BCUT2D eigenvalue weighted by atomic mass is 9.95. The third kappa shape index (κ3) is 4.89. The van der Waals surface area contributed by atoms with Crippen LogP contribution in [0.1, 0.15) is 30.9 Å². The number of likely N-dealkylation sites (tertiary alicyclic amines) is 1. The Morgan fingerprint density at radius 2 is 1.73 bits per heavy atom. The van der Waals surface area contributed by atoms with Crippen LogP contribution in [0.4, 0.5) is 4.39 Å². The number of phenols is 1. The van der Waals surface area contributed by atoms with Crippen LogP contribution in [0.2, 0.25) is 5.02 Å². The number of nitrogens with zero attached hydrogens (tertiary/aromatic N) is 3. The molecule has 0 aliphatic carbocycles. The van der Waals surface area contributed by atoms with Crippen molar-refractivity contribution >= 4 is 39.3 Å². The molecule has 0 saturated carbocycles. The minimum Gasteiger partial charge on any atom is -0.508 e. The number of halogens is 2. The number of para-hydroxylation sites is 1. The number of phenolic OH excluding ortho intramolecular Hbond substituents is 1. The number of aryl methyl sites for hydroxylation is 1. The average Bonchev–Trinajstić information content (AvgIpc) is 2.96. The third-order valence-corrected chi connectivity index (χ3v) is 8.71. The van der Waals surface area contributed by atoms with E-state index in [1.165, 1.54) is 14.0 Å². The summed E-state index contributed by atoms with van der Waals surface area (Å²) in [5.74, 6) is -1.86. The number of carbonyl (C=O) groups excluding carboxylic acids is 1. The summed E-state index contributed by atoms with van der Waals surface area (Å²) in [5.41, 5.74) is 3.13. The number of hydrogen-bond acceptors (Lipinski definition) is 4. The van der Waals surface area contributed by atoms with Crippen LogP contribution in [-0.4, -0.2) is 38.1 Å². The van der Waals surface area contributed by atoms with Crippen molar-refractivity contribution in [3.05, 3.63) is 116 Å². The maximum Gasteiger partial charge on any atom is 0.321 e. The molecule has 6 rings (SSSR count). The van der Waals surface area contributed by atoms with Gasteiger partial charge < -0.3 is 14.6 Å². The van der Waals surface area contributed by atoms with E-state index < -0.39 is 22.9 Å². The first-order chi connectivity index (χ1) is 21.0. The molecule has 44 heavy (non-hydrogen) atoms. The molecular formula is C35H31ClFN3O4. The van der Waals surface area contributed by atoms with Gasteiger partial charge in [0, 0.05) is 31.1 Å². The molecule has 1 N–H and O–H groups in total. The van der Waals surface area contributed by atoms with Gasteiger partial charge in [0.2, 0.25) is 0 Å². The standard InChI is InChI=1S/C35H31ClFN3O4/c1-19(2)25-11-7-8-20(3)32(25)40-31-14-28(27-13-24(41)12-23-9-5-6-10-26(23)27)29(36)15-30(31)39(34(43)35(40)44)18-22-16-38(17-22)33(42)21(4)37/h5-15,19,22,41H,4,16-18H2,1-3H3. The molecule has 0 radical (unpaired) electrons.